The second kappa shape index (κ2) is 6.42. The highest BCUT2D eigenvalue weighted by Gasteiger charge is 2.33. The van der Waals surface area contributed by atoms with E-state index in [0.29, 0.717) is 12.1 Å². The molecule has 116 valence electrons. The van der Waals surface area contributed by atoms with E-state index in [2.05, 4.69) is 10.1 Å². The number of nitrogens with one attached hydrogen (secondary N) is 1. The molecule has 0 saturated heterocycles. The molecule has 1 rings (SSSR count). The lowest BCUT2D eigenvalue weighted by Gasteiger charge is -2.16. The number of methoxy groups -OCH3 is 1. The molecule has 0 bridgehead atoms. The average molecular weight is 306 g/mol. The van der Waals surface area contributed by atoms with E-state index in [4.69, 9.17) is 0 Å². The van der Waals surface area contributed by atoms with Crippen LogP contribution >= 0.6 is 0 Å². The predicted octanol–water partition coefficient (Wildman–Crippen LogP) is 2.98. The van der Waals surface area contributed by atoms with Crippen LogP contribution in [0.3, 0.4) is 0 Å². The Labute approximate surface area is 118 Å². The van der Waals surface area contributed by atoms with Crippen molar-refractivity contribution in [3.63, 3.8) is 0 Å². The van der Waals surface area contributed by atoms with Crippen molar-refractivity contribution in [3.05, 3.63) is 33.9 Å². The fourth-order valence-electron chi connectivity index (χ4n) is 1.64. The number of nitro benzene ring substituents is 1. The standard InChI is InChI=1S/C12H13F3N2O4/c1-3-8(11(18)21-2)16-9-5-4-7(12(13,14)15)6-10(9)17(19)20/h4-6,8,16H,3H2,1-2H3. The first-order chi connectivity index (χ1) is 9.70. The van der Waals surface area contributed by atoms with Gasteiger partial charge in [0.2, 0.25) is 0 Å². The average Bonchev–Trinajstić information content (AvgIpc) is 2.42. The first-order valence-electron chi connectivity index (χ1n) is 5.90. The Hall–Kier alpha value is -2.32. The number of carbonyl (C=O) groups is 1. The highest BCUT2D eigenvalue weighted by molar-refractivity contribution is 5.80. The fraction of sp³-hybridized carbons (Fsp3) is 0.417. The Kier molecular flexibility index (Phi) is 5.12. The van der Waals surface area contributed by atoms with E-state index in [1.54, 1.807) is 6.92 Å². The van der Waals surface area contributed by atoms with Crippen molar-refractivity contribution >= 4 is 17.3 Å². The Balaban J connectivity index is 3.18. The predicted molar refractivity (Wildman–Crippen MR) is 67.8 cm³/mol. The molecular weight excluding hydrogens is 293 g/mol. The van der Waals surface area contributed by atoms with E-state index >= 15 is 0 Å². The van der Waals surface area contributed by atoms with Gasteiger partial charge in [-0.05, 0) is 18.6 Å². The van der Waals surface area contributed by atoms with Crippen molar-refractivity contribution < 1.29 is 27.6 Å². The minimum atomic E-state index is -4.68. The number of alkyl halides is 3. The van der Waals surface area contributed by atoms with Crippen molar-refractivity contribution in [1.82, 2.24) is 0 Å². The summed E-state index contributed by atoms with van der Waals surface area (Å²) >= 11 is 0. The Morgan fingerprint density at radius 1 is 1.48 bits per heavy atom. The fourth-order valence-corrected chi connectivity index (χ4v) is 1.64. The van der Waals surface area contributed by atoms with Gasteiger partial charge in [-0.2, -0.15) is 13.2 Å². The molecule has 0 aliphatic carbocycles. The van der Waals surface area contributed by atoms with Crippen molar-refractivity contribution in [1.29, 1.82) is 0 Å². The summed E-state index contributed by atoms with van der Waals surface area (Å²) in [4.78, 5) is 21.4. The monoisotopic (exact) mass is 306 g/mol. The number of ether oxygens (including phenoxy) is 1. The summed E-state index contributed by atoms with van der Waals surface area (Å²) in [5, 5.41) is 13.4. The van der Waals surface area contributed by atoms with E-state index < -0.39 is 34.4 Å². The lowest BCUT2D eigenvalue weighted by molar-refractivity contribution is -0.384. The third kappa shape index (κ3) is 4.07. The molecule has 0 aliphatic heterocycles. The molecular formula is C12H13F3N2O4. The SMILES string of the molecule is CCC(Nc1ccc(C(F)(F)F)cc1[N+](=O)[O-])C(=O)OC. The molecule has 1 aromatic rings. The van der Waals surface area contributed by atoms with E-state index in [1.165, 1.54) is 0 Å². The van der Waals surface area contributed by atoms with Crippen LogP contribution in [0.2, 0.25) is 0 Å². The molecule has 0 heterocycles. The number of anilines is 1. The van der Waals surface area contributed by atoms with Gasteiger partial charge in [-0.1, -0.05) is 6.92 Å². The van der Waals surface area contributed by atoms with Gasteiger partial charge in [0.15, 0.2) is 0 Å². The maximum atomic E-state index is 12.6. The third-order valence-electron chi connectivity index (χ3n) is 2.75. The second-order valence-corrected chi connectivity index (χ2v) is 4.12. The van der Waals surface area contributed by atoms with Gasteiger partial charge in [-0.3, -0.25) is 10.1 Å². The van der Waals surface area contributed by atoms with Crippen LogP contribution in [0, 0.1) is 10.1 Å². The Morgan fingerprint density at radius 3 is 2.52 bits per heavy atom. The van der Waals surface area contributed by atoms with Crippen LogP contribution in [0.25, 0.3) is 0 Å². The smallest absolute Gasteiger partial charge is 0.416 e. The summed E-state index contributed by atoms with van der Waals surface area (Å²) in [7, 11) is 1.15. The minimum Gasteiger partial charge on any atom is -0.467 e. The van der Waals surface area contributed by atoms with E-state index in [9.17, 15) is 28.1 Å². The number of rotatable bonds is 5. The quantitative estimate of drug-likeness (QED) is 0.514. The van der Waals surface area contributed by atoms with Gasteiger partial charge in [0.05, 0.1) is 17.6 Å². The zero-order valence-corrected chi connectivity index (χ0v) is 11.2. The molecule has 0 radical (unpaired) electrons. The Bertz CT molecular complexity index is 546. The normalized spacial score (nSPS) is 12.6. The molecule has 21 heavy (non-hydrogen) atoms. The first kappa shape index (κ1) is 16.7. The van der Waals surface area contributed by atoms with Crippen LogP contribution in [0.4, 0.5) is 24.5 Å². The van der Waals surface area contributed by atoms with E-state index in [-0.39, 0.29) is 12.1 Å². The zero-order chi connectivity index (χ0) is 16.2. The van der Waals surface area contributed by atoms with Crippen LogP contribution < -0.4 is 5.32 Å². The summed E-state index contributed by atoms with van der Waals surface area (Å²) < 4.78 is 42.2. The van der Waals surface area contributed by atoms with Crippen LogP contribution in [0.1, 0.15) is 18.9 Å². The van der Waals surface area contributed by atoms with Crippen LogP contribution in [-0.4, -0.2) is 24.0 Å². The van der Waals surface area contributed by atoms with E-state index in [1.807, 2.05) is 0 Å². The summed E-state index contributed by atoms with van der Waals surface area (Å²) in [5.41, 5.74) is -2.07. The lowest BCUT2D eigenvalue weighted by atomic mass is 10.1. The molecule has 1 unspecified atom stereocenters. The molecule has 1 aromatic carbocycles. The molecule has 6 nitrogen and oxygen atoms in total. The largest absolute Gasteiger partial charge is 0.467 e. The molecule has 1 atom stereocenters. The van der Waals surface area contributed by atoms with Gasteiger partial charge in [-0.25, -0.2) is 4.79 Å². The highest BCUT2D eigenvalue weighted by atomic mass is 19.4. The molecule has 1 N–H and O–H groups in total. The summed E-state index contributed by atoms with van der Waals surface area (Å²) in [6.07, 6.45) is -4.43. The number of nitrogens with zero attached hydrogens (tertiary/aromatic N) is 1. The number of esters is 1. The first-order valence-corrected chi connectivity index (χ1v) is 5.90. The topological polar surface area (TPSA) is 81.5 Å². The molecule has 0 saturated carbocycles. The zero-order valence-electron chi connectivity index (χ0n) is 11.2. The highest BCUT2D eigenvalue weighted by Crippen LogP contribution is 2.35. The van der Waals surface area contributed by atoms with Crippen LogP contribution in [0.15, 0.2) is 18.2 Å². The van der Waals surface area contributed by atoms with Crippen molar-refractivity contribution in [2.24, 2.45) is 0 Å². The summed E-state index contributed by atoms with van der Waals surface area (Å²) in [6, 6.07) is 1.17. The molecule has 0 amide bonds. The van der Waals surface area contributed by atoms with Gasteiger partial charge in [0.25, 0.3) is 5.69 Å². The number of benzene rings is 1. The van der Waals surface area contributed by atoms with Gasteiger partial charge in [-0.15, -0.1) is 0 Å². The lowest BCUT2D eigenvalue weighted by Crippen LogP contribution is -2.30. The second-order valence-electron chi connectivity index (χ2n) is 4.12. The molecule has 0 fully saturated rings. The van der Waals surface area contributed by atoms with E-state index in [0.717, 1.165) is 13.2 Å². The maximum absolute atomic E-state index is 12.6. The van der Waals surface area contributed by atoms with Gasteiger partial charge < -0.3 is 10.1 Å². The van der Waals surface area contributed by atoms with Gasteiger partial charge in [0.1, 0.15) is 11.7 Å². The minimum absolute atomic E-state index is 0.176. The van der Waals surface area contributed by atoms with Crippen LogP contribution in [-0.2, 0) is 15.7 Å². The molecule has 0 aliphatic rings. The number of halogens is 3. The van der Waals surface area contributed by atoms with Gasteiger partial charge >= 0.3 is 12.1 Å². The molecule has 0 aromatic heterocycles. The van der Waals surface area contributed by atoms with Crippen molar-refractivity contribution in [2.75, 3.05) is 12.4 Å². The molecule has 0 spiro atoms. The Morgan fingerprint density at radius 2 is 2.10 bits per heavy atom. The molecule has 9 heteroatoms. The summed E-state index contributed by atoms with van der Waals surface area (Å²) in [5.74, 6) is -0.660. The third-order valence-corrected chi connectivity index (χ3v) is 2.75. The number of carbonyl (C=O) groups excluding carboxylic acids is 1. The number of hydrogen-bond acceptors (Lipinski definition) is 5. The van der Waals surface area contributed by atoms with Crippen LogP contribution in [0.5, 0.6) is 0 Å². The number of hydrogen-bond donors (Lipinski definition) is 1. The van der Waals surface area contributed by atoms with Gasteiger partial charge in [0, 0.05) is 6.07 Å². The number of nitro groups is 1. The van der Waals surface area contributed by atoms with Crippen molar-refractivity contribution in [2.45, 2.75) is 25.6 Å². The van der Waals surface area contributed by atoms with Crippen molar-refractivity contribution in [3.8, 4) is 0 Å². The summed E-state index contributed by atoms with van der Waals surface area (Å²) in [6.45, 7) is 1.63. The maximum Gasteiger partial charge on any atom is 0.416 e.